The van der Waals surface area contributed by atoms with Crippen LogP contribution in [0, 0.1) is 13.8 Å². The number of aromatic nitrogens is 1. The third-order valence-electron chi connectivity index (χ3n) is 4.23. The van der Waals surface area contributed by atoms with Crippen molar-refractivity contribution in [1.29, 1.82) is 0 Å². The minimum absolute atomic E-state index is 0.0341. The van der Waals surface area contributed by atoms with Gasteiger partial charge in [-0.25, -0.2) is 4.79 Å². The predicted octanol–water partition coefficient (Wildman–Crippen LogP) is 4.59. The molecule has 0 spiro atoms. The van der Waals surface area contributed by atoms with Crippen molar-refractivity contribution < 1.29 is 14.3 Å². The van der Waals surface area contributed by atoms with Crippen LogP contribution in [0.4, 0.5) is 5.69 Å². The first-order chi connectivity index (χ1) is 12.1. The normalized spacial score (nSPS) is 11.3. The zero-order valence-electron chi connectivity index (χ0n) is 16.1. The molecule has 0 fully saturated rings. The number of hydrogen-bond acceptors (Lipinski definition) is 4. The van der Waals surface area contributed by atoms with Crippen molar-refractivity contribution in [2.24, 2.45) is 0 Å². The summed E-state index contributed by atoms with van der Waals surface area (Å²) in [5, 5.41) is 3.46. The van der Waals surface area contributed by atoms with Crippen molar-refractivity contribution in [2.45, 2.75) is 40.2 Å². The van der Waals surface area contributed by atoms with Crippen LogP contribution in [0.15, 0.2) is 24.3 Å². The van der Waals surface area contributed by atoms with Gasteiger partial charge in [0, 0.05) is 22.5 Å². The van der Waals surface area contributed by atoms with Gasteiger partial charge >= 0.3 is 5.97 Å². The van der Waals surface area contributed by atoms with Gasteiger partial charge in [0.2, 0.25) is 0 Å². The molecule has 1 heterocycles. The number of nitrogens with one attached hydrogen (secondary N) is 1. The van der Waals surface area contributed by atoms with Gasteiger partial charge in [-0.1, -0.05) is 11.6 Å². The lowest BCUT2D eigenvalue weighted by Gasteiger charge is -2.25. The van der Waals surface area contributed by atoms with Crippen LogP contribution in [-0.2, 0) is 10.3 Å². The molecule has 140 valence electrons. The van der Waals surface area contributed by atoms with E-state index in [0.717, 1.165) is 11.4 Å². The van der Waals surface area contributed by atoms with Crippen LogP contribution in [0.5, 0.6) is 0 Å². The smallest absolute Gasteiger partial charge is 0.337 e. The number of benzene rings is 1. The number of aryl methyl sites for hydroxylation is 1. The van der Waals surface area contributed by atoms with Crippen molar-refractivity contribution in [3.05, 3.63) is 51.8 Å². The first-order valence-electron chi connectivity index (χ1n) is 8.40. The molecule has 0 radical (unpaired) electrons. The van der Waals surface area contributed by atoms with Gasteiger partial charge in [-0.15, -0.1) is 0 Å². The molecule has 2 aromatic rings. The van der Waals surface area contributed by atoms with Crippen molar-refractivity contribution in [3.8, 4) is 0 Å². The molecule has 0 aliphatic heterocycles. The van der Waals surface area contributed by atoms with Gasteiger partial charge in [0.25, 0.3) is 0 Å². The predicted molar refractivity (Wildman–Crippen MR) is 105 cm³/mol. The largest absolute Gasteiger partial charge is 0.465 e. The summed E-state index contributed by atoms with van der Waals surface area (Å²) < 4.78 is 6.87. The molecule has 2 rings (SSSR count). The number of halogens is 1. The van der Waals surface area contributed by atoms with Crippen LogP contribution in [0.2, 0.25) is 5.02 Å². The number of anilines is 1. The topological polar surface area (TPSA) is 60.3 Å². The van der Waals surface area contributed by atoms with Crippen molar-refractivity contribution in [2.75, 3.05) is 19.0 Å². The summed E-state index contributed by atoms with van der Waals surface area (Å²) in [5.74, 6) is -0.488. The lowest BCUT2D eigenvalue weighted by molar-refractivity contribution is 0.0600. The highest BCUT2D eigenvalue weighted by Gasteiger charge is 2.22. The van der Waals surface area contributed by atoms with Crippen molar-refractivity contribution in [3.63, 3.8) is 0 Å². The molecule has 0 saturated heterocycles. The second kappa shape index (κ2) is 7.54. The van der Waals surface area contributed by atoms with E-state index in [1.807, 2.05) is 19.9 Å². The molecule has 0 unspecified atom stereocenters. The maximum Gasteiger partial charge on any atom is 0.337 e. The molecule has 26 heavy (non-hydrogen) atoms. The molecule has 0 aliphatic carbocycles. The van der Waals surface area contributed by atoms with Crippen LogP contribution in [-0.4, -0.2) is 30.0 Å². The number of hydrogen-bond donors (Lipinski definition) is 1. The SMILES string of the molecule is COC(=O)c1ccc(Cl)c(NCC(=O)c2cc(C)n(C(C)(C)C)c2C)c1. The van der Waals surface area contributed by atoms with E-state index >= 15 is 0 Å². The minimum Gasteiger partial charge on any atom is -0.465 e. The number of nitrogens with zero attached hydrogens (tertiary/aromatic N) is 1. The van der Waals surface area contributed by atoms with E-state index in [1.165, 1.54) is 7.11 Å². The average molecular weight is 377 g/mol. The maximum atomic E-state index is 12.7. The van der Waals surface area contributed by atoms with Gasteiger partial charge in [0.15, 0.2) is 5.78 Å². The van der Waals surface area contributed by atoms with Crippen LogP contribution in [0.1, 0.15) is 52.9 Å². The number of ketones is 1. The van der Waals surface area contributed by atoms with Crippen LogP contribution in [0.25, 0.3) is 0 Å². The number of ether oxygens (including phenoxy) is 1. The molecule has 0 atom stereocenters. The molecule has 0 bridgehead atoms. The van der Waals surface area contributed by atoms with E-state index in [0.29, 0.717) is 21.8 Å². The second-order valence-corrected chi connectivity index (χ2v) is 7.66. The molecule has 0 amide bonds. The Labute approximate surface area is 159 Å². The van der Waals surface area contributed by atoms with Gasteiger partial charge in [-0.05, 0) is 58.9 Å². The van der Waals surface area contributed by atoms with Crippen molar-refractivity contribution in [1.82, 2.24) is 4.57 Å². The molecule has 1 aromatic heterocycles. The van der Waals surface area contributed by atoms with E-state index in [2.05, 4.69) is 30.7 Å². The minimum atomic E-state index is -0.454. The first kappa shape index (κ1) is 20.0. The van der Waals surface area contributed by atoms with Gasteiger partial charge < -0.3 is 14.6 Å². The maximum absolute atomic E-state index is 12.7. The Hall–Kier alpha value is -2.27. The summed E-state index contributed by atoms with van der Waals surface area (Å²) in [6.45, 7) is 10.4. The summed E-state index contributed by atoms with van der Waals surface area (Å²) >= 11 is 6.16. The van der Waals surface area contributed by atoms with Gasteiger partial charge in [0.1, 0.15) is 0 Å². The first-order valence-corrected chi connectivity index (χ1v) is 8.78. The Kier molecular flexibility index (Phi) is 5.81. The molecule has 1 aromatic carbocycles. The third kappa shape index (κ3) is 4.10. The fourth-order valence-corrected chi connectivity index (χ4v) is 3.44. The summed E-state index contributed by atoms with van der Waals surface area (Å²) in [7, 11) is 1.32. The van der Waals surface area contributed by atoms with Gasteiger partial charge in [-0.2, -0.15) is 0 Å². The Balaban J connectivity index is 2.21. The van der Waals surface area contributed by atoms with Crippen LogP contribution >= 0.6 is 11.6 Å². The van der Waals surface area contributed by atoms with Crippen molar-refractivity contribution >= 4 is 29.0 Å². The highest BCUT2D eigenvalue weighted by atomic mass is 35.5. The van der Waals surface area contributed by atoms with E-state index in [1.54, 1.807) is 18.2 Å². The second-order valence-electron chi connectivity index (χ2n) is 7.25. The third-order valence-corrected chi connectivity index (χ3v) is 4.56. The standard InChI is InChI=1S/C20H25ClN2O3/c1-12-9-15(13(2)23(12)20(3,4)5)18(24)11-22-17-10-14(19(25)26-6)7-8-16(17)21/h7-10,22H,11H2,1-6H3. The highest BCUT2D eigenvalue weighted by Crippen LogP contribution is 2.26. The summed E-state index contributed by atoms with van der Waals surface area (Å²) in [6, 6.07) is 6.68. The quantitative estimate of drug-likeness (QED) is 0.612. The Morgan fingerprint density at radius 2 is 1.85 bits per heavy atom. The molecular formula is C20H25ClN2O3. The van der Waals surface area contributed by atoms with Crippen LogP contribution < -0.4 is 5.32 Å². The summed E-state index contributed by atoms with van der Waals surface area (Å²) in [5.41, 5.74) is 3.47. The number of esters is 1. The average Bonchev–Trinajstić information content (AvgIpc) is 2.87. The van der Waals surface area contributed by atoms with E-state index in [4.69, 9.17) is 16.3 Å². The zero-order chi connectivity index (χ0) is 19.6. The molecule has 1 N–H and O–H groups in total. The number of Topliss-reactive ketones (excluding diaryl/α,β-unsaturated/α-hetero) is 1. The Bertz CT molecular complexity index is 847. The van der Waals surface area contributed by atoms with E-state index in [9.17, 15) is 9.59 Å². The van der Waals surface area contributed by atoms with Gasteiger partial charge in [-0.3, -0.25) is 4.79 Å². The molecule has 5 nitrogen and oxygen atoms in total. The molecule has 6 heteroatoms. The van der Waals surface area contributed by atoms with E-state index < -0.39 is 5.97 Å². The monoisotopic (exact) mass is 376 g/mol. The van der Waals surface area contributed by atoms with Gasteiger partial charge in [0.05, 0.1) is 29.9 Å². The summed E-state index contributed by atoms with van der Waals surface area (Å²) in [4.78, 5) is 24.4. The van der Waals surface area contributed by atoms with Crippen LogP contribution in [0.3, 0.4) is 0 Å². The Morgan fingerprint density at radius 3 is 2.38 bits per heavy atom. The molecular weight excluding hydrogens is 352 g/mol. The van der Waals surface area contributed by atoms with E-state index in [-0.39, 0.29) is 17.9 Å². The highest BCUT2D eigenvalue weighted by molar-refractivity contribution is 6.33. The summed E-state index contributed by atoms with van der Waals surface area (Å²) in [6.07, 6.45) is 0. The Morgan fingerprint density at radius 1 is 1.19 bits per heavy atom. The fraction of sp³-hybridized carbons (Fsp3) is 0.400. The number of carbonyl (C=O) groups excluding carboxylic acids is 2. The number of methoxy groups -OCH3 is 1. The number of rotatable bonds is 5. The number of carbonyl (C=O) groups is 2. The lowest BCUT2D eigenvalue weighted by Crippen LogP contribution is -2.24. The zero-order valence-corrected chi connectivity index (χ0v) is 16.8. The molecule has 0 aliphatic rings. The molecule has 0 saturated carbocycles. The fourth-order valence-electron chi connectivity index (χ4n) is 3.25. The lowest BCUT2D eigenvalue weighted by atomic mass is 10.1.